The minimum absolute atomic E-state index is 0.265. The van der Waals surface area contributed by atoms with Crippen molar-refractivity contribution in [2.24, 2.45) is 0 Å². The number of nitrogens with zero attached hydrogens (tertiary/aromatic N) is 1. The molecule has 4 N–H and O–H groups in total. The van der Waals surface area contributed by atoms with Crippen LogP contribution in [-0.2, 0) is 20.8 Å². The predicted molar refractivity (Wildman–Crippen MR) is 58.4 cm³/mol. The Balaban J connectivity index is 1.99. The standard InChI is InChI=1S/C10H12N4O4/c15-8(16)2-7-10(18)13-6(9(17)14-7)1-5-3-11-4-12-5/h3-4,6-7H,1-2H2,(H,11,12)(H,13,18)(H,14,17)(H,15,16)/t6-,7-/m0/s1. The van der Waals surface area contributed by atoms with Crippen LogP contribution in [0.2, 0.25) is 0 Å². The summed E-state index contributed by atoms with van der Waals surface area (Å²) in [6.07, 6.45) is 2.95. The van der Waals surface area contributed by atoms with E-state index in [0.29, 0.717) is 5.69 Å². The monoisotopic (exact) mass is 252 g/mol. The van der Waals surface area contributed by atoms with E-state index in [0.717, 1.165) is 0 Å². The lowest BCUT2D eigenvalue weighted by Gasteiger charge is -2.28. The van der Waals surface area contributed by atoms with Gasteiger partial charge in [0.25, 0.3) is 0 Å². The van der Waals surface area contributed by atoms with Gasteiger partial charge in [0, 0.05) is 12.6 Å². The molecule has 0 radical (unpaired) electrons. The molecule has 1 aromatic rings. The average Bonchev–Trinajstić information content (AvgIpc) is 2.77. The number of carboxylic acids is 1. The van der Waals surface area contributed by atoms with Crippen LogP contribution >= 0.6 is 0 Å². The van der Waals surface area contributed by atoms with Gasteiger partial charge in [-0.05, 0) is 0 Å². The first-order valence-electron chi connectivity index (χ1n) is 5.36. The fourth-order valence-electron chi connectivity index (χ4n) is 1.75. The summed E-state index contributed by atoms with van der Waals surface area (Å²) in [7, 11) is 0. The van der Waals surface area contributed by atoms with Gasteiger partial charge in [-0.3, -0.25) is 14.4 Å². The molecule has 1 aliphatic rings. The van der Waals surface area contributed by atoms with E-state index in [2.05, 4.69) is 20.6 Å². The van der Waals surface area contributed by atoms with Crippen molar-refractivity contribution in [3.63, 3.8) is 0 Å². The van der Waals surface area contributed by atoms with Crippen LogP contribution < -0.4 is 10.6 Å². The Morgan fingerprint density at radius 3 is 2.56 bits per heavy atom. The van der Waals surface area contributed by atoms with E-state index in [-0.39, 0.29) is 6.42 Å². The zero-order valence-electron chi connectivity index (χ0n) is 9.34. The zero-order chi connectivity index (χ0) is 13.1. The Labute approximate surface area is 102 Å². The smallest absolute Gasteiger partial charge is 0.305 e. The molecule has 2 rings (SSSR count). The number of imidazole rings is 1. The molecule has 0 aliphatic carbocycles. The fourth-order valence-corrected chi connectivity index (χ4v) is 1.75. The number of carbonyl (C=O) groups is 3. The Bertz CT molecular complexity index is 470. The minimum atomic E-state index is -1.14. The highest BCUT2D eigenvalue weighted by Gasteiger charge is 2.34. The number of piperazine rings is 1. The van der Waals surface area contributed by atoms with E-state index >= 15 is 0 Å². The first-order chi connectivity index (χ1) is 8.56. The quantitative estimate of drug-likeness (QED) is 0.514. The Hall–Kier alpha value is -2.38. The molecule has 8 nitrogen and oxygen atoms in total. The van der Waals surface area contributed by atoms with E-state index < -0.39 is 36.3 Å². The third-order valence-corrected chi connectivity index (χ3v) is 2.61. The maximum atomic E-state index is 11.7. The highest BCUT2D eigenvalue weighted by molar-refractivity contribution is 5.98. The molecule has 2 atom stereocenters. The van der Waals surface area contributed by atoms with Crippen molar-refractivity contribution in [3.05, 3.63) is 18.2 Å². The SMILES string of the molecule is O=C(O)C[C@@H]1NC(=O)[C@H](Cc2c[nH]cn2)NC1=O. The molecule has 0 saturated carbocycles. The van der Waals surface area contributed by atoms with Crippen molar-refractivity contribution in [2.45, 2.75) is 24.9 Å². The van der Waals surface area contributed by atoms with Crippen LogP contribution in [0.15, 0.2) is 12.5 Å². The number of carbonyl (C=O) groups excluding carboxylic acids is 2. The topological polar surface area (TPSA) is 124 Å². The molecule has 0 aromatic carbocycles. The third kappa shape index (κ3) is 2.65. The van der Waals surface area contributed by atoms with Crippen LogP contribution in [0.25, 0.3) is 0 Å². The molecule has 96 valence electrons. The number of rotatable bonds is 4. The van der Waals surface area contributed by atoms with Crippen molar-refractivity contribution in [2.75, 3.05) is 0 Å². The lowest BCUT2D eigenvalue weighted by Crippen LogP contribution is -2.62. The second-order valence-corrected chi connectivity index (χ2v) is 3.98. The molecule has 0 unspecified atom stereocenters. The van der Waals surface area contributed by atoms with Crippen molar-refractivity contribution < 1.29 is 19.5 Å². The van der Waals surface area contributed by atoms with Gasteiger partial charge in [-0.1, -0.05) is 0 Å². The number of hydrogen-bond donors (Lipinski definition) is 4. The summed E-state index contributed by atoms with van der Waals surface area (Å²) in [5.74, 6) is -2.03. The van der Waals surface area contributed by atoms with Gasteiger partial charge in [-0.2, -0.15) is 0 Å². The van der Waals surface area contributed by atoms with E-state index in [4.69, 9.17) is 5.11 Å². The van der Waals surface area contributed by atoms with E-state index in [9.17, 15) is 14.4 Å². The van der Waals surface area contributed by atoms with E-state index in [1.807, 2.05) is 0 Å². The molecular formula is C10H12N4O4. The number of aliphatic carboxylic acids is 1. The highest BCUT2D eigenvalue weighted by Crippen LogP contribution is 2.06. The average molecular weight is 252 g/mol. The van der Waals surface area contributed by atoms with Crippen molar-refractivity contribution in [1.29, 1.82) is 0 Å². The normalized spacial score (nSPS) is 23.3. The largest absolute Gasteiger partial charge is 0.481 e. The number of carboxylic acid groups (broad SMARTS) is 1. The number of amides is 2. The molecular weight excluding hydrogens is 240 g/mol. The van der Waals surface area contributed by atoms with E-state index in [1.54, 1.807) is 6.20 Å². The van der Waals surface area contributed by atoms with Crippen molar-refractivity contribution in [1.82, 2.24) is 20.6 Å². The van der Waals surface area contributed by atoms with Gasteiger partial charge >= 0.3 is 5.97 Å². The van der Waals surface area contributed by atoms with Gasteiger partial charge in [-0.15, -0.1) is 0 Å². The molecule has 2 heterocycles. The maximum absolute atomic E-state index is 11.7. The number of nitrogens with one attached hydrogen (secondary N) is 3. The third-order valence-electron chi connectivity index (χ3n) is 2.61. The zero-order valence-corrected chi connectivity index (χ0v) is 9.34. The molecule has 1 aliphatic heterocycles. The number of aromatic amines is 1. The van der Waals surface area contributed by atoms with E-state index in [1.165, 1.54) is 6.33 Å². The molecule has 8 heteroatoms. The highest BCUT2D eigenvalue weighted by atomic mass is 16.4. The number of aromatic nitrogens is 2. The molecule has 2 amide bonds. The van der Waals surface area contributed by atoms with Gasteiger partial charge in [0.1, 0.15) is 12.1 Å². The molecule has 18 heavy (non-hydrogen) atoms. The van der Waals surface area contributed by atoms with Crippen LogP contribution in [0.1, 0.15) is 12.1 Å². The lowest BCUT2D eigenvalue weighted by molar-refractivity contribution is -0.143. The summed E-state index contributed by atoms with van der Waals surface area (Å²) >= 11 is 0. The predicted octanol–water partition coefficient (Wildman–Crippen LogP) is -1.59. The second-order valence-electron chi connectivity index (χ2n) is 3.98. The van der Waals surface area contributed by atoms with Crippen LogP contribution in [0.4, 0.5) is 0 Å². The lowest BCUT2D eigenvalue weighted by atomic mass is 10.0. The van der Waals surface area contributed by atoms with Gasteiger partial charge < -0.3 is 20.7 Å². The molecule has 1 saturated heterocycles. The summed E-state index contributed by atoms with van der Waals surface area (Å²) in [6.45, 7) is 0. The summed E-state index contributed by atoms with van der Waals surface area (Å²) in [5, 5.41) is 13.5. The van der Waals surface area contributed by atoms with Gasteiger partial charge in [0.2, 0.25) is 11.8 Å². The van der Waals surface area contributed by atoms with Crippen LogP contribution in [-0.4, -0.2) is 44.9 Å². The summed E-state index contributed by atoms with van der Waals surface area (Å²) in [5.41, 5.74) is 0.645. The molecule has 0 spiro atoms. The molecule has 1 fully saturated rings. The van der Waals surface area contributed by atoms with Crippen LogP contribution in [0, 0.1) is 0 Å². The first-order valence-corrected chi connectivity index (χ1v) is 5.36. The molecule has 0 bridgehead atoms. The Kier molecular flexibility index (Phi) is 3.26. The molecule has 1 aromatic heterocycles. The summed E-state index contributed by atoms with van der Waals surface area (Å²) < 4.78 is 0. The minimum Gasteiger partial charge on any atom is -0.481 e. The van der Waals surface area contributed by atoms with Crippen LogP contribution in [0.5, 0.6) is 0 Å². The summed E-state index contributed by atoms with van der Waals surface area (Å²) in [4.78, 5) is 40.5. The number of H-pyrrole nitrogens is 1. The van der Waals surface area contributed by atoms with Crippen LogP contribution in [0.3, 0.4) is 0 Å². The van der Waals surface area contributed by atoms with Crippen molar-refractivity contribution in [3.8, 4) is 0 Å². The van der Waals surface area contributed by atoms with Gasteiger partial charge in [-0.25, -0.2) is 4.98 Å². The number of hydrogen-bond acceptors (Lipinski definition) is 4. The maximum Gasteiger partial charge on any atom is 0.305 e. The van der Waals surface area contributed by atoms with Gasteiger partial charge in [0.15, 0.2) is 0 Å². The second kappa shape index (κ2) is 4.86. The Morgan fingerprint density at radius 1 is 1.28 bits per heavy atom. The van der Waals surface area contributed by atoms with Crippen molar-refractivity contribution >= 4 is 17.8 Å². The Morgan fingerprint density at radius 2 is 1.94 bits per heavy atom. The summed E-state index contributed by atoms with van der Waals surface area (Å²) in [6, 6.07) is -1.73. The fraction of sp³-hybridized carbons (Fsp3) is 0.400. The first kappa shape index (κ1) is 12.1. The van der Waals surface area contributed by atoms with Gasteiger partial charge in [0.05, 0.1) is 18.4 Å².